The SMILES string of the molecule is COC(=O)C1CCN(Cc2ccccc2CC(=O)O)C1. The molecule has 1 aromatic rings. The van der Waals surface area contributed by atoms with Crippen LogP contribution in [0.3, 0.4) is 0 Å². The van der Waals surface area contributed by atoms with Crippen LogP contribution in [-0.2, 0) is 27.3 Å². The van der Waals surface area contributed by atoms with Crippen molar-refractivity contribution in [2.75, 3.05) is 20.2 Å². The summed E-state index contributed by atoms with van der Waals surface area (Å²) in [6.45, 7) is 2.19. The summed E-state index contributed by atoms with van der Waals surface area (Å²) in [5.41, 5.74) is 1.85. The monoisotopic (exact) mass is 277 g/mol. The van der Waals surface area contributed by atoms with Crippen LogP contribution in [-0.4, -0.2) is 42.1 Å². The van der Waals surface area contributed by atoms with Gasteiger partial charge in [-0.2, -0.15) is 0 Å². The summed E-state index contributed by atoms with van der Waals surface area (Å²) in [5, 5.41) is 8.92. The number of carbonyl (C=O) groups is 2. The van der Waals surface area contributed by atoms with Crippen LogP contribution in [0.2, 0.25) is 0 Å². The maximum Gasteiger partial charge on any atom is 0.310 e. The van der Waals surface area contributed by atoms with Crippen LogP contribution in [0.5, 0.6) is 0 Å². The van der Waals surface area contributed by atoms with Gasteiger partial charge >= 0.3 is 11.9 Å². The molecule has 0 saturated carbocycles. The van der Waals surface area contributed by atoms with Gasteiger partial charge in [-0.25, -0.2) is 0 Å². The van der Waals surface area contributed by atoms with Crippen molar-refractivity contribution in [2.45, 2.75) is 19.4 Å². The van der Waals surface area contributed by atoms with Crippen molar-refractivity contribution < 1.29 is 19.4 Å². The number of aliphatic carboxylic acids is 1. The minimum atomic E-state index is -0.827. The highest BCUT2D eigenvalue weighted by Crippen LogP contribution is 2.21. The molecule has 1 aliphatic heterocycles. The lowest BCUT2D eigenvalue weighted by atomic mass is 10.0. The molecule has 1 saturated heterocycles. The summed E-state index contributed by atoms with van der Waals surface area (Å²) < 4.78 is 4.77. The Balaban J connectivity index is 2.01. The van der Waals surface area contributed by atoms with E-state index in [0.717, 1.165) is 24.1 Å². The summed E-state index contributed by atoms with van der Waals surface area (Å²) >= 11 is 0. The molecule has 0 radical (unpaired) electrons. The maximum absolute atomic E-state index is 11.5. The minimum Gasteiger partial charge on any atom is -0.481 e. The molecule has 1 atom stereocenters. The molecule has 1 N–H and O–H groups in total. The zero-order valence-corrected chi connectivity index (χ0v) is 11.5. The number of carboxylic acids is 1. The van der Waals surface area contributed by atoms with E-state index in [1.807, 2.05) is 24.3 Å². The third kappa shape index (κ3) is 3.57. The molecule has 5 nitrogen and oxygen atoms in total. The minimum absolute atomic E-state index is 0.0322. The van der Waals surface area contributed by atoms with Crippen molar-refractivity contribution in [3.63, 3.8) is 0 Å². The summed E-state index contributed by atoms with van der Waals surface area (Å²) in [4.78, 5) is 24.5. The molecular weight excluding hydrogens is 258 g/mol. The van der Waals surface area contributed by atoms with Gasteiger partial charge in [0.05, 0.1) is 19.4 Å². The average Bonchev–Trinajstić information content (AvgIpc) is 2.88. The van der Waals surface area contributed by atoms with Gasteiger partial charge in [-0.1, -0.05) is 24.3 Å². The number of hydrogen-bond acceptors (Lipinski definition) is 4. The number of nitrogens with zero attached hydrogens (tertiary/aromatic N) is 1. The highest BCUT2D eigenvalue weighted by Gasteiger charge is 2.29. The molecule has 0 bridgehead atoms. The van der Waals surface area contributed by atoms with Gasteiger partial charge in [0, 0.05) is 13.1 Å². The van der Waals surface area contributed by atoms with Crippen LogP contribution in [0.4, 0.5) is 0 Å². The number of ether oxygens (including phenoxy) is 1. The largest absolute Gasteiger partial charge is 0.481 e. The maximum atomic E-state index is 11.5. The molecule has 0 spiro atoms. The fourth-order valence-corrected chi connectivity index (χ4v) is 2.62. The van der Waals surface area contributed by atoms with Crippen molar-refractivity contribution in [2.24, 2.45) is 5.92 Å². The molecule has 20 heavy (non-hydrogen) atoms. The van der Waals surface area contributed by atoms with Crippen LogP contribution in [0, 0.1) is 5.92 Å². The quantitative estimate of drug-likeness (QED) is 0.822. The van der Waals surface area contributed by atoms with Gasteiger partial charge in [0.2, 0.25) is 0 Å². The number of carbonyl (C=O) groups excluding carboxylic acids is 1. The van der Waals surface area contributed by atoms with Crippen molar-refractivity contribution in [3.8, 4) is 0 Å². The van der Waals surface area contributed by atoms with Crippen LogP contribution in [0.15, 0.2) is 24.3 Å². The van der Waals surface area contributed by atoms with E-state index in [2.05, 4.69) is 4.90 Å². The van der Waals surface area contributed by atoms with Gasteiger partial charge in [0.1, 0.15) is 0 Å². The first-order valence-corrected chi connectivity index (χ1v) is 6.69. The van der Waals surface area contributed by atoms with E-state index in [9.17, 15) is 9.59 Å². The third-order valence-corrected chi connectivity index (χ3v) is 3.66. The highest BCUT2D eigenvalue weighted by molar-refractivity contribution is 5.73. The Morgan fingerprint density at radius 3 is 2.70 bits per heavy atom. The van der Waals surface area contributed by atoms with Crippen molar-refractivity contribution in [3.05, 3.63) is 35.4 Å². The molecular formula is C15H19NO4. The fourth-order valence-electron chi connectivity index (χ4n) is 2.62. The number of methoxy groups -OCH3 is 1. The number of likely N-dealkylation sites (tertiary alicyclic amines) is 1. The molecule has 1 aliphatic rings. The fraction of sp³-hybridized carbons (Fsp3) is 0.467. The van der Waals surface area contributed by atoms with Crippen LogP contribution < -0.4 is 0 Å². The van der Waals surface area contributed by atoms with E-state index in [4.69, 9.17) is 9.84 Å². The lowest BCUT2D eigenvalue weighted by Gasteiger charge is -2.17. The predicted octanol–water partition coefficient (Wildman–Crippen LogP) is 1.31. The Morgan fingerprint density at radius 2 is 2.05 bits per heavy atom. The van der Waals surface area contributed by atoms with E-state index < -0.39 is 5.97 Å². The second-order valence-corrected chi connectivity index (χ2v) is 5.08. The molecule has 1 aromatic carbocycles. The Morgan fingerprint density at radius 1 is 1.35 bits per heavy atom. The molecule has 0 aromatic heterocycles. The smallest absolute Gasteiger partial charge is 0.310 e. The number of esters is 1. The van der Waals surface area contributed by atoms with E-state index in [-0.39, 0.29) is 18.3 Å². The standard InChI is InChI=1S/C15H19NO4/c1-20-15(19)13-6-7-16(10-13)9-12-5-3-2-4-11(12)8-14(17)18/h2-5,13H,6-10H2,1H3,(H,17,18). The molecule has 108 valence electrons. The Kier molecular flexibility index (Phi) is 4.74. The van der Waals surface area contributed by atoms with Gasteiger partial charge in [0.15, 0.2) is 0 Å². The molecule has 2 rings (SSSR count). The Bertz CT molecular complexity index is 500. The van der Waals surface area contributed by atoms with Gasteiger partial charge in [-0.3, -0.25) is 14.5 Å². The summed E-state index contributed by atoms with van der Waals surface area (Å²) in [6.07, 6.45) is 0.832. The lowest BCUT2D eigenvalue weighted by Crippen LogP contribution is -2.24. The summed E-state index contributed by atoms with van der Waals surface area (Å²) in [6, 6.07) is 7.55. The first kappa shape index (κ1) is 14.5. The van der Waals surface area contributed by atoms with E-state index >= 15 is 0 Å². The molecule has 5 heteroatoms. The predicted molar refractivity (Wildman–Crippen MR) is 73.2 cm³/mol. The van der Waals surface area contributed by atoms with Crippen LogP contribution >= 0.6 is 0 Å². The Labute approximate surface area is 118 Å². The summed E-state index contributed by atoms with van der Waals surface area (Å²) in [5.74, 6) is -1.05. The molecule has 1 fully saturated rings. The van der Waals surface area contributed by atoms with Crippen molar-refractivity contribution >= 4 is 11.9 Å². The number of carboxylic acid groups (broad SMARTS) is 1. The number of benzene rings is 1. The Hall–Kier alpha value is -1.88. The average molecular weight is 277 g/mol. The highest BCUT2D eigenvalue weighted by atomic mass is 16.5. The van der Waals surface area contributed by atoms with Gasteiger partial charge in [0.25, 0.3) is 0 Å². The second kappa shape index (κ2) is 6.52. The third-order valence-electron chi connectivity index (χ3n) is 3.66. The van der Waals surface area contributed by atoms with E-state index in [0.29, 0.717) is 13.1 Å². The van der Waals surface area contributed by atoms with Gasteiger partial charge in [-0.05, 0) is 24.1 Å². The first-order valence-electron chi connectivity index (χ1n) is 6.69. The van der Waals surface area contributed by atoms with Gasteiger partial charge < -0.3 is 9.84 Å². The molecule has 0 aliphatic carbocycles. The lowest BCUT2D eigenvalue weighted by molar-refractivity contribution is -0.145. The van der Waals surface area contributed by atoms with E-state index in [1.165, 1.54) is 7.11 Å². The zero-order chi connectivity index (χ0) is 14.5. The normalized spacial score (nSPS) is 18.9. The first-order chi connectivity index (χ1) is 9.60. The van der Waals surface area contributed by atoms with Crippen LogP contribution in [0.25, 0.3) is 0 Å². The molecule has 1 unspecified atom stereocenters. The molecule has 0 amide bonds. The number of rotatable bonds is 5. The topological polar surface area (TPSA) is 66.8 Å². The van der Waals surface area contributed by atoms with Crippen LogP contribution in [0.1, 0.15) is 17.5 Å². The zero-order valence-electron chi connectivity index (χ0n) is 11.5. The van der Waals surface area contributed by atoms with Gasteiger partial charge in [-0.15, -0.1) is 0 Å². The van der Waals surface area contributed by atoms with E-state index in [1.54, 1.807) is 0 Å². The van der Waals surface area contributed by atoms with Crippen molar-refractivity contribution in [1.29, 1.82) is 0 Å². The molecule has 1 heterocycles. The summed E-state index contributed by atoms with van der Waals surface area (Å²) in [7, 11) is 1.41. The number of hydrogen-bond donors (Lipinski definition) is 1. The van der Waals surface area contributed by atoms with Crippen molar-refractivity contribution in [1.82, 2.24) is 4.90 Å². The second-order valence-electron chi connectivity index (χ2n) is 5.08.